The van der Waals surface area contributed by atoms with Crippen LogP contribution in [0.5, 0.6) is 0 Å². The standard InChI is InChI=1S/C17H26N8O2.2ClH/c1-11(2)15(18)16(27)19-9-14(26)24-6-4-23(5-7-24)13-8-12(3)22-17-20-10-21-25(13)17;;/h8,10-11,15H,4-7,9,18H2,1-3H3,(H,19,27);2*1H/t15-;;/m0../s1. The predicted octanol–water partition coefficient (Wildman–Crippen LogP) is 0.0244. The SMILES string of the molecule is Cc1cc(N2CCN(C(=O)CNC(=O)[C@@H](N)C(C)C)CC2)n2ncnc2n1.Cl.Cl. The lowest BCUT2D eigenvalue weighted by Gasteiger charge is -2.36. The highest BCUT2D eigenvalue weighted by molar-refractivity contribution is 5.87. The number of piperazine rings is 1. The van der Waals surface area contributed by atoms with Crippen LogP contribution in [-0.4, -0.2) is 75.1 Å². The van der Waals surface area contributed by atoms with E-state index in [4.69, 9.17) is 5.73 Å². The Morgan fingerprint density at radius 3 is 2.48 bits per heavy atom. The molecule has 1 atom stereocenters. The Balaban J connectivity index is 0.00000210. The highest BCUT2D eigenvalue weighted by Gasteiger charge is 2.24. The monoisotopic (exact) mass is 446 g/mol. The highest BCUT2D eigenvalue weighted by Crippen LogP contribution is 2.17. The molecule has 0 aromatic carbocycles. The van der Waals surface area contributed by atoms with Crippen molar-refractivity contribution in [1.29, 1.82) is 0 Å². The van der Waals surface area contributed by atoms with E-state index in [1.54, 1.807) is 9.42 Å². The number of carbonyl (C=O) groups is 2. The van der Waals surface area contributed by atoms with Gasteiger partial charge in [0.2, 0.25) is 11.8 Å². The van der Waals surface area contributed by atoms with Crippen molar-refractivity contribution in [3.8, 4) is 0 Å². The van der Waals surface area contributed by atoms with Gasteiger partial charge in [-0.05, 0) is 12.8 Å². The van der Waals surface area contributed by atoms with Crippen molar-refractivity contribution in [2.75, 3.05) is 37.6 Å². The zero-order valence-electron chi connectivity index (χ0n) is 16.7. The molecular weight excluding hydrogens is 419 g/mol. The Bertz CT molecular complexity index is 836. The quantitative estimate of drug-likeness (QED) is 0.663. The number of nitrogens with one attached hydrogen (secondary N) is 1. The minimum atomic E-state index is -0.602. The number of hydrogen-bond donors (Lipinski definition) is 2. The maximum absolute atomic E-state index is 12.4. The lowest BCUT2D eigenvalue weighted by Crippen LogP contribution is -2.53. The van der Waals surface area contributed by atoms with Crippen molar-refractivity contribution in [2.24, 2.45) is 11.7 Å². The van der Waals surface area contributed by atoms with Gasteiger partial charge in [-0.25, -0.2) is 4.98 Å². The zero-order chi connectivity index (χ0) is 19.6. The van der Waals surface area contributed by atoms with Crippen LogP contribution < -0.4 is 16.0 Å². The maximum Gasteiger partial charge on any atom is 0.254 e. The smallest absolute Gasteiger partial charge is 0.254 e. The summed E-state index contributed by atoms with van der Waals surface area (Å²) in [7, 11) is 0. The summed E-state index contributed by atoms with van der Waals surface area (Å²) in [5.74, 6) is 1.11. The Labute approximate surface area is 182 Å². The van der Waals surface area contributed by atoms with Gasteiger partial charge in [-0.1, -0.05) is 13.8 Å². The molecule has 3 N–H and O–H groups in total. The largest absolute Gasteiger partial charge is 0.353 e. The fourth-order valence-electron chi connectivity index (χ4n) is 3.02. The second kappa shape index (κ2) is 10.6. The fraction of sp³-hybridized carbons (Fsp3) is 0.588. The van der Waals surface area contributed by atoms with Gasteiger partial charge >= 0.3 is 0 Å². The fourth-order valence-corrected chi connectivity index (χ4v) is 3.02. The minimum absolute atomic E-state index is 0. The van der Waals surface area contributed by atoms with E-state index in [0.29, 0.717) is 32.0 Å². The van der Waals surface area contributed by atoms with Gasteiger partial charge in [-0.15, -0.1) is 24.8 Å². The van der Waals surface area contributed by atoms with Crippen LogP contribution >= 0.6 is 24.8 Å². The second-order valence-electron chi connectivity index (χ2n) is 7.08. The first kappa shape index (κ1) is 24.9. The summed E-state index contributed by atoms with van der Waals surface area (Å²) in [5.41, 5.74) is 6.66. The lowest BCUT2D eigenvalue weighted by molar-refractivity contribution is -0.133. The predicted molar refractivity (Wildman–Crippen MR) is 115 cm³/mol. The first-order valence-electron chi connectivity index (χ1n) is 9.10. The molecular formula is C17H28Cl2N8O2. The van der Waals surface area contributed by atoms with Crippen molar-refractivity contribution in [3.63, 3.8) is 0 Å². The first-order chi connectivity index (χ1) is 12.9. The number of anilines is 1. The number of fused-ring (bicyclic) bond motifs is 1. The highest BCUT2D eigenvalue weighted by atomic mass is 35.5. The summed E-state index contributed by atoms with van der Waals surface area (Å²) in [5, 5.41) is 6.86. The first-order valence-corrected chi connectivity index (χ1v) is 9.10. The number of aryl methyl sites for hydroxylation is 1. The molecule has 10 nitrogen and oxygen atoms in total. The van der Waals surface area contributed by atoms with Crippen molar-refractivity contribution < 1.29 is 9.59 Å². The molecule has 0 spiro atoms. The van der Waals surface area contributed by atoms with Gasteiger partial charge in [0.05, 0.1) is 12.6 Å². The zero-order valence-corrected chi connectivity index (χ0v) is 18.4. The summed E-state index contributed by atoms with van der Waals surface area (Å²) in [6.07, 6.45) is 1.48. The average Bonchev–Trinajstić information content (AvgIpc) is 3.12. The normalized spacial score (nSPS) is 14.9. The molecule has 1 aliphatic heterocycles. The molecule has 2 aromatic heterocycles. The van der Waals surface area contributed by atoms with Gasteiger partial charge < -0.3 is 20.9 Å². The van der Waals surface area contributed by atoms with Crippen molar-refractivity contribution >= 4 is 48.2 Å². The van der Waals surface area contributed by atoms with Crippen LogP contribution in [0.4, 0.5) is 5.82 Å². The van der Waals surface area contributed by atoms with E-state index in [1.165, 1.54) is 6.33 Å². The van der Waals surface area contributed by atoms with Gasteiger partial charge in [-0.3, -0.25) is 9.59 Å². The van der Waals surface area contributed by atoms with Gasteiger partial charge in [0.25, 0.3) is 5.78 Å². The van der Waals surface area contributed by atoms with E-state index >= 15 is 0 Å². The van der Waals surface area contributed by atoms with Gasteiger partial charge in [-0.2, -0.15) is 14.6 Å². The number of halogens is 2. The van der Waals surface area contributed by atoms with E-state index in [-0.39, 0.29) is 49.1 Å². The van der Waals surface area contributed by atoms with Gasteiger partial charge in [0, 0.05) is 37.9 Å². The summed E-state index contributed by atoms with van der Waals surface area (Å²) in [4.78, 5) is 36.7. The van der Waals surface area contributed by atoms with Gasteiger partial charge in [0.1, 0.15) is 12.1 Å². The number of carbonyl (C=O) groups excluding carboxylic acids is 2. The Morgan fingerprint density at radius 1 is 1.21 bits per heavy atom. The second-order valence-corrected chi connectivity index (χ2v) is 7.08. The molecule has 1 aliphatic rings. The van der Waals surface area contributed by atoms with Crippen LogP contribution in [-0.2, 0) is 9.59 Å². The molecule has 0 aliphatic carbocycles. The molecule has 29 heavy (non-hydrogen) atoms. The Hall–Kier alpha value is -2.17. The number of nitrogens with two attached hydrogens (primary N) is 1. The third-order valence-electron chi connectivity index (χ3n) is 4.75. The van der Waals surface area contributed by atoms with E-state index < -0.39 is 6.04 Å². The van der Waals surface area contributed by atoms with Crippen LogP contribution in [0.15, 0.2) is 12.4 Å². The van der Waals surface area contributed by atoms with Crippen LogP contribution in [0.2, 0.25) is 0 Å². The number of nitrogens with zero attached hydrogens (tertiary/aromatic N) is 6. The molecule has 0 unspecified atom stereocenters. The Kier molecular flexibility index (Phi) is 9.06. The number of hydrogen-bond acceptors (Lipinski definition) is 7. The summed E-state index contributed by atoms with van der Waals surface area (Å²) in [6, 6.07) is 1.36. The maximum atomic E-state index is 12.4. The molecule has 2 aromatic rings. The molecule has 0 saturated carbocycles. The van der Waals surface area contributed by atoms with E-state index in [1.807, 2.05) is 26.8 Å². The molecule has 12 heteroatoms. The number of rotatable bonds is 5. The van der Waals surface area contributed by atoms with E-state index in [2.05, 4.69) is 25.3 Å². The topological polar surface area (TPSA) is 122 Å². The van der Waals surface area contributed by atoms with Crippen molar-refractivity contribution in [3.05, 3.63) is 18.1 Å². The molecule has 3 rings (SSSR count). The molecule has 0 bridgehead atoms. The summed E-state index contributed by atoms with van der Waals surface area (Å²) in [6.45, 7) is 8.12. The van der Waals surface area contributed by atoms with Gasteiger partial charge in [0.15, 0.2) is 0 Å². The van der Waals surface area contributed by atoms with Crippen LogP contribution in [0.25, 0.3) is 5.78 Å². The van der Waals surface area contributed by atoms with E-state index in [9.17, 15) is 9.59 Å². The lowest BCUT2D eigenvalue weighted by atomic mass is 10.1. The van der Waals surface area contributed by atoms with Crippen molar-refractivity contribution in [2.45, 2.75) is 26.8 Å². The Morgan fingerprint density at radius 2 is 1.86 bits per heavy atom. The molecule has 0 radical (unpaired) electrons. The summed E-state index contributed by atoms with van der Waals surface area (Å²) >= 11 is 0. The number of aromatic nitrogens is 4. The van der Waals surface area contributed by atoms with Crippen LogP contribution in [0, 0.1) is 12.8 Å². The third kappa shape index (κ3) is 5.68. The molecule has 2 amide bonds. The summed E-state index contributed by atoms with van der Waals surface area (Å²) < 4.78 is 1.71. The molecule has 162 valence electrons. The van der Waals surface area contributed by atoms with Crippen LogP contribution in [0.1, 0.15) is 19.5 Å². The third-order valence-corrected chi connectivity index (χ3v) is 4.75. The average molecular weight is 447 g/mol. The molecule has 1 saturated heterocycles. The minimum Gasteiger partial charge on any atom is -0.353 e. The number of amides is 2. The van der Waals surface area contributed by atoms with E-state index in [0.717, 1.165) is 11.5 Å². The molecule has 3 heterocycles. The van der Waals surface area contributed by atoms with Crippen molar-refractivity contribution in [1.82, 2.24) is 29.8 Å². The van der Waals surface area contributed by atoms with Crippen LogP contribution in [0.3, 0.4) is 0 Å². The molecule has 1 fully saturated rings.